The summed E-state index contributed by atoms with van der Waals surface area (Å²) >= 11 is 0. The van der Waals surface area contributed by atoms with Crippen LogP contribution in [0.5, 0.6) is 0 Å². The van der Waals surface area contributed by atoms with Crippen molar-refractivity contribution in [3.63, 3.8) is 0 Å². The van der Waals surface area contributed by atoms with E-state index in [1.165, 1.54) is 24.3 Å². The molecule has 2 amide bonds. The standard InChI is InChI=1S/C17H24FN3O2/c1-11(2)8-20-16(22)12-7-13(10-19-9-12)17(23)21-15-5-3-14(18)4-6-15/h3-6,11-13,19H,7-10H2,1-2H3,(H,20,22)(H,21,23)/t12-,13+/m0/s1. The van der Waals surface area contributed by atoms with Gasteiger partial charge in [0, 0.05) is 25.3 Å². The second-order valence-corrected chi connectivity index (χ2v) is 6.42. The second kappa shape index (κ2) is 8.06. The minimum atomic E-state index is -0.343. The van der Waals surface area contributed by atoms with Gasteiger partial charge in [-0.05, 0) is 36.6 Å². The zero-order valence-corrected chi connectivity index (χ0v) is 13.6. The maximum atomic E-state index is 12.9. The van der Waals surface area contributed by atoms with Gasteiger partial charge >= 0.3 is 0 Å². The molecule has 0 radical (unpaired) electrons. The molecule has 1 aromatic carbocycles. The van der Waals surface area contributed by atoms with E-state index in [0.29, 0.717) is 37.7 Å². The van der Waals surface area contributed by atoms with Crippen molar-refractivity contribution < 1.29 is 14.0 Å². The fraction of sp³-hybridized carbons (Fsp3) is 0.529. The SMILES string of the molecule is CC(C)CNC(=O)[C@@H]1CNC[C@H](C(=O)Nc2ccc(F)cc2)C1. The van der Waals surface area contributed by atoms with E-state index in [9.17, 15) is 14.0 Å². The lowest BCUT2D eigenvalue weighted by Crippen LogP contribution is -2.47. The largest absolute Gasteiger partial charge is 0.356 e. The minimum Gasteiger partial charge on any atom is -0.356 e. The molecule has 2 rings (SSSR count). The van der Waals surface area contributed by atoms with Crippen molar-refractivity contribution in [2.24, 2.45) is 17.8 Å². The molecule has 1 aliphatic heterocycles. The Labute approximate surface area is 136 Å². The lowest BCUT2D eigenvalue weighted by atomic mass is 9.89. The molecule has 0 spiro atoms. The highest BCUT2D eigenvalue weighted by Gasteiger charge is 2.31. The monoisotopic (exact) mass is 321 g/mol. The molecule has 3 N–H and O–H groups in total. The van der Waals surface area contributed by atoms with Crippen LogP contribution in [-0.4, -0.2) is 31.4 Å². The quantitative estimate of drug-likeness (QED) is 0.774. The molecule has 23 heavy (non-hydrogen) atoms. The Bertz CT molecular complexity index is 545. The number of amides is 2. The Balaban J connectivity index is 1.88. The molecule has 126 valence electrons. The van der Waals surface area contributed by atoms with E-state index >= 15 is 0 Å². The first-order valence-electron chi connectivity index (χ1n) is 8.00. The lowest BCUT2D eigenvalue weighted by Gasteiger charge is -2.28. The molecule has 0 unspecified atom stereocenters. The van der Waals surface area contributed by atoms with Gasteiger partial charge in [-0.15, -0.1) is 0 Å². The fourth-order valence-corrected chi connectivity index (χ4v) is 2.57. The highest BCUT2D eigenvalue weighted by Crippen LogP contribution is 2.19. The Morgan fingerprint density at radius 3 is 2.39 bits per heavy atom. The van der Waals surface area contributed by atoms with Crippen LogP contribution in [-0.2, 0) is 9.59 Å². The van der Waals surface area contributed by atoms with Crippen molar-refractivity contribution >= 4 is 17.5 Å². The van der Waals surface area contributed by atoms with Crippen molar-refractivity contribution in [3.8, 4) is 0 Å². The molecular weight excluding hydrogens is 297 g/mol. The molecule has 1 saturated heterocycles. The number of carbonyl (C=O) groups is 2. The molecule has 1 fully saturated rings. The second-order valence-electron chi connectivity index (χ2n) is 6.42. The number of rotatable bonds is 5. The smallest absolute Gasteiger partial charge is 0.228 e. The number of benzene rings is 1. The number of nitrogens with one attached hydrogen (secondary N) is 3. The molecule has 6 heteroatoms. The van der Waals surface area contributed by atoms with Gasteiger partial charge in [-0.3, -0.25) is 9.59 Å². The van der Waals surface area contributed by atoms with Crippen LogP contribution in [0, 0.1) is 23.6 Å². The summed E-state index contributed by atoms with van der Waals surface area (Å²) in [5.41, 5.74) is 0.558. The Morgan fingerprint density at radius 2 is 1.78 bits per heavy atom. The van der Waals surface area contributed by atoms with E-state index in [0.717, 1.165) is 0 Å². The Hall–Kier alpha value is -1.95. The van der Waals surface area contributed by atoms with Crippen LogP contribution in [0.3, 0.4) is 0 Å². The lowest BCUT2D eigenvalue weighted by molar-refractivity contribution is -0.127. The number of hydrogen-bond acceptors (Lipinski definition) is 3. The zero-order valence-electron chi connectivity index (χ0n) is 13.6. The molecule has 5 nitrogen and oxygen atoms in total. The van der Waals surface area contributed by atoms with Crippen molar-refractivity contribution in [3.05, 3.63) is 30.1 Å². The van der Waals surface area contributed by atoms with Crippen molar-refractivity contribution in [1.29, 1.82) is 0 Å². The van der Waals surface area contributed by atoms with Crippen LogP contribution in [0.2, 0.25) is 0 Å². The Kier molecular flexibility index (Phi) is 6.10. The van der Waals surface area contributed by atoms with E-state index in [1.54, 1.807) is 0 Å². The van der Waals surface area contributed by atoms with Gasteiger partial charge in [-0.1, -0.05) is 13.8 Å². The van der Waals surface area contributed by atoms with E-state index in [4.69, 9.17) is 0 Å². The third-order valence-electron chi connectivity index (χ3n) is 3.89. The van der Waals surface area contributed by atoms with Crippen LogP contribution in [0.1, 0.15) is 20.3 Å². The maximum absolute atomic E-state index is 12.9. The van der Waals surface area contributed by atoms with Crippen molar-refractivity contribution in [2.75, 3.05) is 25.0 Å². The molecule has 0 saturated carbocycles. The molecule has 0 aromatic heterocycles. The molecule has 1 aliphatic rings. The van der Waals surface area contributed by atoms with Crippen molar-refractivity contribution in [2.45, 2.75) is 20.3 Å². The molecule has 2 atom stereocenters. The van der Waals surface area contributed by atoms with Gasteiger partial charge in [-0.25, -0.2) is 4.39 Å². The third-order valence-corrected chi connectivity index (χ3v) is 3.89. The van der Waals surface area contributed by atoms with Crippen LogP contribution >= 0.6 is 0 Å². The molecular formula is C17H24FN3O2. The van der Waals surface area contributed by atoms with E-state index in [1.807, 2.05) is 13.8 Å². The summed E-state index contributed by atoms with van der Waals surface area (Å²) in [4.78, 5) is 24.5. The van der Waals surface area contributed by atoms with Crippen LogP contribution < -0.4 is 16.0 Å². The first kappa shape index (κ1) is 17.4. The number of hydrogen-bond donors (Lipinski definition) is 3. The van der Waals surface area contributed by atoms with E-state index in [2.05, 4.69) is 16.0 Å². The topological polar surface area (TPSA) is 70.2 Å². The van der Waals surface area contributed by atoms with Crippen LogP contribution in [0.15, 0.2) is 24.3 Å². The first-order chi connectivity index (χ1) is 11.0. The van der Waals surface area contributed by atoms with E-state index < -0.39 is 0 Å². The molecule has 0 aliphatic carbocycles. The number of anilines is 1. The fourth-order valence-electron chi connectivity index (χ4n) is 2.57. The predicted molar refractivity (Wildman–Crippen MR) is 87.3 cm³/mol. The molecule has 1 aromatic rings. The molecule has 1 heterocycles. The third kappa shape index (κ3) is 5.32. The summed E-state index contributed by atoms with van der Waals surface area (Å²) in [5, 5.41) is 8.83. The summed E-state index contributed by atoms with van der Waals surface area (Å²) in [6, 6.07) is 5.65. The zero-order chi connectivity index (χ0) is 16.8. The minimum absolute atomic E-state index is 0.00881. The summed E-state index contributed by atoms with van der Waals surface area (Å²) in [5.74, 6) is -0.580. The van der Waals surface area contributed by atoms with Gasteiger partial charge in [0.1, 0.15) is 5.82 Å². The first-order valence-corrected chi connectivity index (χ1v) is 8.00. The van der Waals surface area contributed by atoms with E-state index in [-0.39, 0.29) is 29.5 Å². The van der Waals surface area contributed by atoms with Crippen molar-refractivity contribution in [1.82, 2.24) is 10.6 Å². The number of carbonyl (C=O) groups excluding carboxylic acids is 2. The van der Waals surface area contributed by atoms with Gasteiger partial charge < -0.3 is 16.0 Å². The summed E-state index contributed by atoms with van der Waals surface area (Å²) < 4.78 is 12.9. The van der Waals surface area contributed by atoms with Gasteiger partial charge in [0.05, 0.1) is 11.8 Å². The number of piperidine rings is 1. The summed E-state index contributed by atoms with van der Waals surface area (Å²) in [6.45, 7) is 5.85. The van der Waals surface area contributed by atoms with Gasteiger partial charge in [-0.2, -0.15) is 0 Å². The number of halogens is 1. The molecule has 0 bridgehead atoms. The highest BCUT2D eigenvalue weighted by atomic mass is 19.1. The highest BCUT2D eigenvalue weighted by molar-refractivity contribution is 5.93. The van der Waals surface area contributed by atoms with Crippen LogP contribution in [0.25, 0.3) is 0 Å². The maximum Gasteiger partial charge on any atom is 0.228 e. The average Bonchev–Trinajstić information content (AvgIpc) is 2.54. The van der Waals surface area contributed by atoms with Gasteiger partial charge in [0.25, 0.3) is 0 Å². The summed E-state index contributed by atoms with van der Waals surface area (Å²) in [7, 11) is 0. The van der Waals surface area contributed by atoms with Gasteiger partial charge in [0.15, 0.2) is 0 Å². The normalized spacial score (nSPS) is 21.0. The average molecular weight is 321 g/mol. The predicted octanol–water partition coefficient (Wildman–Crippen LogP) is 1.76. The summed E-state index contributed by atoms with van der Waals surface area (Å²) in [6.07, 6.45) is 0.518. The van der Waals surface area contributed by atoms with Crippen LogP contribution in [0.4, 0.5) is 10.1 Å². The Morgan fingerprint density at radius 1 is 1.17 bits per heavy atom. The van der Waals surface area contributed by atoms with Gasteiger partial charge in [0.2, 0.25) is 11.8 Å².